The van der Waals surface area contributed by atoms with Crippen LogP contribution >= 0.6 is 0 Å². The van der Waals surface area contributed by atoms with Gasteiger partial charge in [-0.25, -0.2) is 0 Å². The van der Waals surface area contributed by atoms with Gasteiger partial charge in [0.15, 0.2) is 0 Å². The van der Waals surface area contributed by atoms with Gasteiger partial charge in [-0.2, -0.15) is 13.7 Å². The number of hydrogen-bond donors (Lipinski definition) is 3. The molecular formula is C18H17N3O4S. The van der Waals surface area contributed by atoms with Crippen molar-refractivity contribution in [2.75, 3.05) is 5.32 Å². The zero-order valence-electron chi connectivity index (χ0n) is 13.9. The standard InChI is InChI=1S/C18H17N3O4S/c1-13-4-2-3-5-14(13)11-20-12-15(10-19)18(22)21-16-6-8-17(9-7-16)26(23,24)25/h2-9,12,20H,11H2,1H3,(H,21,22)(H,23,24,25)/b15-12-. The lowest BCUT2D eigenvalue weighted by atomic mass is 10.1. The molecule has 0 heterocycles. The van der Waals surface area contributed by atoms with Gasteiger partial charge in [-0.05, 0) is 42.3 Å². The second-order valence-corrected chi connectivity index (χ2v) is 6.85. The predicted octanol–water partition coefficient (Wildman–Crippen LogP) is 2.38. The van der Waals surface area contributed by atoms with Crippen LogP contribution in [0, 0.1) is 18.3 Å². The van der Waals surface area contributed by atoms with Gasteiger partial charge >= 0.3 is 0 Å². The van der Waals surface area contributed by atoms with Crippen molar-refractivity contribution in [3.05, 3.63) is 71.4 Å². The average molecular weight is 371 g/mol. The minimum atomic E-state index is -4.30. The predicted molar refractivity (Wildman–Crippen MR) is 96.6 cm³/mol. The Morgan fingerprint density at radius 2 is 1.85 bits per heavy atom. The number of nitrogens with one attached hydrogen (secondary N) is 2. The molecule has 1 amide bonds. The van der Waals surface area contributed by atoms with Crippen molar-refractivity contribution in [3.8, 4) is 6.07 Å². The van der Waals surface area contributed by atoms with E-state index in [2.05, 4.69) is 10.6 Å². The third-order valence-corrected chi connectivity index (χ3v) is 4.44. The van der Waals surface area contributed by atoms with Gasteiger partial charge in [0.2, 0.25) is 0 Å². The van der Waals surface area contributed by atoms with E-state index in [-0.39, 0.29) is 10.5 Å². The molecule has 0 aliphatic heterocycles. The third-order valence-electron chi connectivity index (χ3n) is 3.58. The maximum atomic E-state index is 12.1. The second kappa shape index (κ2) is 8.29. The number of hydrogen-bond acceptors (Lipinski definition) is 5. The molecule has 0 aromatic heterocycles. The third kappa shape index (κ3) is 5.17. The fraction of sp³-hybridized carbons (Fsp3) is 0.111. The fourth-order valence-electron chi connectivity index (χ4n) is 2.13. The van der Waals surface area contributed by atoms with Crippen LogP contribution in [0.1, 0.15) is 11.1 Å². The summed E-state index contributed by atoms with van der Waals surface area (Å²) in [6, 6.07) is 14.5. The van der Waals surface area contributed by atoms with Gasteiger partial charge < -0.3 is 10.6 Å². The normalized spacial score (nSPS) is 11.5. The molecule has 2 aromatic carbocycles. The molecule has 0 spiro atoms. The van der Waals surface area contributed by atoms with Crippen LogP contribution in [-0.2, 0) is 21.5 Å². The highest BCUT2D eigenvalue weighted by molar-refractivity contribution is 7.85. The van der Waals surface area contributed by atoms with Crippen molar-refractivity contribution in [1.29, 1.82) is 5.26 Å². The minimum absolute atomic E-state index is 0.127. The van der Waals surface area contributed by atoms with E-state index in [1.54, 1.807) is 0 Å². The van der Waals surface area contributed by atoms with Crippen LogP contribution in [0.3, 0.4) is 0 Å². The smallest absolute Gasteiger partial charge is 0.294 e. The molecule has 8 heteroatoms. The van der Waals surface area contributed by atoms with Gasteiger partial charge in [0.05, 0.1) is 4.90 Å². The Hall–Kier alpha value is -3.15. The number of anilines is 1. The lowest BCUT2D eigenvalue weighted by Crippen LogP contribution is -2.17. The molecule has 134 valence electrons. The summed E-state index contributed by atoms with van der Waals surface area (Å²) in [5.41, 5.74) is 2.30. The Bertz CT molecular complexity index is 974. The van der Waals surface area contributed by atoms with E-state index in [0.717, 1.165) is 23.3 Å². The van der Waals surface area contributed by atoms with Crippen LogP contribution in [0.15, 0.2) is 65.2 Å². The van der Waals surface area contributed by atoms with Crippen molar-refractivity contribution in [2.45, 2.75) is 18.4 Å². The van der Waals surface area contributed by atoms with Crippen LogP contribution in [0.25, 0.3) is 0 Å². The summed E-state index contributed by atoms with van der Waals surface area (Å²) >= 11 is 0. The zero-order valence-corrected chi connectivity index (χ0v) is 14.7. The number of nitriles is 1. The van der Waals surface area contributed by atoms with Crippen molar-refractivity contribution in [3.63, 3.8) is 0 Å². The molecule has 7 nitrogen and oxygen atoms in total. The molecule has 26 heavy (non-hydrogen) atoms. The van der Waals surface area contributed by atoms with E-state index in [1.165, 1.54) is 18.3 Å². The van der Waals surface area contributed by atoms with Gasteiger partial charge in [-0.3, -0.25) is 9.35 Å². The number of carbonyl (C=O) groups excluding carboxylic acids is 1. The summed E-state index contributed by atoms with van der Waals surface area (Å²) in [4.78, 5) is 11.8. The molecule has 3 N–H and O–H groups in total. The Morgan fingerprint density at radius 3 is 2.42 bits per heavy atom. The Balaban J connectivity index is 2.02. The molecule has 0 aliphatic rings. The van der Waals surface area contributed by atoms with Gasteiger partial charge in [0.1, 0.15) is 11.6 Å². The molecule has 0 fully saturated rings. The number of rotatable bonds is 6. The number of benzene rings is 2. The highest BCUT2D eigenvalue weighted by Crippen LogP contribution is 2.14. The summed E-state index contributed by atoms with van der Waals surface area (Å²) in [7, 11) is -4.30. The summed E-state index contributed by atoms with van der Waals surface area (Å²) in [6.07, 6.45) is 1.33. The molecule has 0 aliphatic carbocycles. The summed E-state index contributed by atoms with van der Waals surface area (Å²) in [6.45, 7) is 2.43. The Labute approximate surface area is 151 Å². The molecule has 0 saturated heterocycles. The second-order valence-electron chi connectivity index (χ2n) is 5.43. The first kappa shape index (κ1) is 19.2. The highest BCUT2D eigenvalue weighted by atomic mass is 32.2. The van der Waals surface area contributed by atoms with Gasteiger partial charge in [0, 0.05) is 18.4 Å². The van der Waals surface area contributed by atoms with Crippen molar-refractivity contribution >= 4 is 21.7 Å². The number of nitrogens with zero attached hydrogens (tertiary/aromatic N) is 1. The van der Waals surface area contributed by atoms with E-state index >= 15 is 0 Å². The van der Waals surface area contributed by atoms with Gasteiger partial charge in [-0.15, -0.1) is 0 Å². The number of amides is 1. The topological polar surface area (TPSA) is 119 Å². The van der Waals surface area contributed by atoms with Crippen molar-refractivity contribution in [1.82, 2.24) is 5.32 Å². The highest BCUT2D eigenvalue weighted by Gasteiger charge is 2.12. The molecule has 0 unspecified atom stereocenters. The van der Waals surface area contributed by atoms with E-state index in [0.29, 0.717) is 12.2 Å². The largest absolute Gasteiger partial charge is 0.386 e. The van der Waals surface area contributed by atoms with Gasteiger partial charge in [0.25, 0.3) is 16.0 Å². The van der Waals surface area contributed by atoms with E-state index in [1.807, 2.05) is 37.3 Å². The molecule has 2 aromatic rings. The Kier molecular flexibility index (Phi) is 6.11. The first-order valence-electron chi connectivity index (χ1n) is 7.58. The maximum Gasteiger partial charge on any atom is 0.294 e. The van der Waals surface area contributed by atoms with Crippen LogP contribution in [0.2, 0.25) is 0 Å². The van der Waals surface area contributed by atoms with Crippen LogP contribution in [0.4, 0.5) is 5.69 Å². The van der Waals surface area contributed by atoms with E-state index in [4.69, 9.17) is 9.81 Å². The van der Waals surface area contributed by atoms with Crippen LogP contribution in [-0.4, -0.2) is 18.9 Å². The van der Waals surface area contributed by atoms with Crippen LogP contribution < -0.4 is 10.6 Å². The quantitative estimate of drug-likeness (QED) is 0.407. The molecule has 0 atom stereocenters. The lowest BCUT2D eigenvalue weighted by Gasteiger charge is -2.07. The lowest BCUT2D eigenvalue weighted by molar-refractivity contribution is -0.112. The zero-order chi connectivity index (χ0) is 19.2. The van der Waals surface area contributed by atoms with Crippen LogP contribution in [0.5, 0.6) is 0 Å². The average Bonchev–Trinajstić information content (AvgIpc) is 2.60. The molecule has 0 saturated carbocycles. The molecule has 0 bridgehead atoms. The fourth-order valence-corrected chi connectivity index (χ4v) is 2.61. The summed E-state index contributed by atoms with van der Waals surface area (Å²) in [5.74, 6) is -0.635. The maximum absolute atomic E-state index is 12.1. The van der Waals surface area contributed by atoms with Crippen molar-refractivity contribution in [2.24, 2.45) is 0 Å². The molecular weight excluding hydrogens is 354 g/mol. The number of aryl methyl sites for hydroxylation is 1. The monoisotopic (exact) mass is 371 g/mol. The summed E-state index contributed by atoms with van der Waals surface area (Å²) < 4.78 is 30.9. The van der Waals surface area contributed by atoms with Gasteiger partial charge in [-0.1, -0.05) is 24.3 Å². The SMILES string of the molecule is Cc1ccccc1CN/C=C(/C#N)C(=O)Nc1ccc(S(=O)(=O)O)cc1. The molecule has 2 rings (SSSR count). The summed E-state index contributed by atoms with van der Waals surface area (Å²) in [5, 5.41) is 14.6. The molecule has 0 radical (unpaired) electrons. The van der Waals surface area contributed by atoms with E-state index < -0.39 is 16.0 Å². The van der Waals surface area contributed by atoms with Crippen molar-refractivity contribution < 1.29 is 17.8 Å². The first-order chi connectivity index (χ1) is 12.3. The Morgan fingerprint density at radius 1 is 1.19 bits per heavy atom. The van der Waals surface area contributed by atoms with E-state index in [9.17, 15) is 13.2 Å². The first-order valence-corrected chi connectivity index (χ1v) is 9.02. The minimum Gasteiger partial charge on any atom is -0.386 e. The number of carbonyl (C=O) groups is 1.